The van der Waals surface area contributed by atoms with Crippen LogP contribution in [0, 0.1) is 34.3 Å². The van der Waals surface area contributed by atoms with Gasteiger partial charge in [-0.25, -0.2) is 8.78 Å². The molecule has 6 atom stereocenters. The predicted octanol–water partition coefficient (Wildman–Crippen LogP) is 4.41. The average Bonchev–Trinajstić information content (AvgIpc) is 4.38. The van der Waals surface area contributed by atoms with Crippen molar-refractivity contribution in [1.29, 1.82) is 10.5 Å². The lowest BCUT2D eigenvalue weighted by atomic mass is 10.1. The highest BCUT2D eigenvalue weighted by molar-refractivity contribution is 5.98. The van der Waals surface area contributed by atoms with Gasteiger partial charge >= 0.3 is 5.97 Å². The van der Waals surface area contributed by atoms with Gasteiger partial charge in [0.05, 0.1) is 36.4 Å². The fraction of sp³-hybridized carbons (Fsp3) is 0.439. The molecule has 4 fully saturated rings. The van der Waals surface area contributed by atoms with Crippen LogP contribution in [-0.4, -0.2) is 163 Å². The van der Waals surface area contributed by atoms with Crippen molar-refractivity contribution in [2.45, 2.75) is 81.5 Å². The predicted molar refractivity (Wildman–Crippen MR) is 279 cm³/mol. The number of rotatable bonds is 22. The normalized spacial score (nSPS) is 19.9. The summed E-state index contributed by atoms with van der Waals surface area (Å²) in [6.45, 7) is 7.23. The van der Waals surface area contributed by atoms with Gasteiger partial charge in [-0.3, -0.25) is 38.6 Å². The quantitative estimate of drug-likeness (QED) is 0.0689. The topological polar surface area (TPSA) is 231 Å². The van der Waals surface area contributed by atoms with E-state index in [2.05, 4.69) is 21.3 Å². The van der Waals surface area contributed by atoms with Crippen molar-refractivity contribution in [2.75, 3.05) is 78.5 Å². The molecule has 19 heteroatoms. The number of benzene rings is 4. The van der Waals surface area contributed by atoms with Crippen LogP contribution in [-0.2, 0) is 19.2 Å². The zero-order valence-corrected chi connectivity index (χ0v) is 42.8. The monoisotopic (exact) mass is 1040 g/mol. The third-order valence-electron chi connectivity index (χ3n) is 14.3. The Kier molecular flexibility index (Phi) is 20.3. The summed E-state index contributed by atoms with van der Waals surface area (Å²) in [6.07, 6.45) is 4.25. The number of nitriles is 2. The van der Waals surface area contributed by atoms with Crippen LogP contribution in [0.3, 0.4) is 0 Å². The van der Waals surface area contributed by atoms with Crippen molar-refractivity contribution in [1.82, 2.24) is 40.9 Å². The van der Waals surface area contributed by atoms with E-state index in [1.54, 1.807) is 70.2 Å². The van der Waals surface area contributed by atoms with Gasteiger partial charge in [0.25, 0.3) is 11.8 Å². The number of amides is 4. The van der Waals surface area contributed by atoms with E-state index in [4.69, 9.17) is 15.6 Å². The summed E-state index contributed by atoms with van der Waals surface area (Å²) in [6, 6.07) is 29.0. The Hall–Kier alpha value is -7.42. The SMILES string of the molecule is CC(=O)CN1CCN(C(=O)[C@H](CCCN[C@@H]2C[C@H]2c2ccc(F)cc2)NC(=O)c2ccc(C#N)cc2)CC1.N#Cc1ccc(C(=O)N[C@@H](CCCN[C@@H]2C[C@H]2c2ccc(F)cc2)C(=O)N2CCN(CC(=O)O)CC2)cc1. The minimum atomic E-state index is -0.901. The molecule has 4 amide bonds. The Balaban J connectivity index is 0.000000221. The van der Waals surface area contributed by atoms with Gasteiger partial charge in [0, 0.05) is 87.4 Å². The summed E-state index contributed by atoms with van der Waals surface area (Å²) in [4.78, 5) is 82.4. The van der Waals surface area contributed by atoms with Crippen molar-refractivity contribution in [3.05, 3.63) is 142 Å². The molecule has 0 spiro atoms. The maximum atomic E-state index is 13.4. The highest BCUT2D eigenvalue weighted by Gasteiger charge is 2.39. The summed E-state index contributed by atoms with van der Waals surface area (Å²) in [5, 5.41) is 39.8. The van der Waals surface area contributed by atoms with Crippen LogP contribution in [0.5, 0.6) is 0 Å². The Morgan fingerprint density at radius 1 is 0.566 bits per heavy atom. The molecule has 2 saturated heterocycles. The summed E-state index contributed by atoms with van der Waals surface area (Å²) in [7, 11) is 0. The number of carboxylic acid groups (broad SMARTS) is 1. The van der Waals surface area contributed by atoms with E-state index in [1.807, 2.05) is 41.3 Å². The lowest BCUT2D eigenvalue weighted by Crippen LogP contribution is -2.55. The van der Waals surface area contributed by atoms with Gasteiger partial charge in [-0.05, 0) is 142 Å². The molecular weight excluding hydrogens is 975 g/mol. The van der Waals surface area contributed by atoms with E-state index in [-0.39, 0.29) is 47.6 Å². The second-order valence-electron chi connectivity index (χ2n) is 19.9. The molecule has 76 heavy (non-hydrogen) atoms. The van der Waals surface area contributed by atoms with Crippen LogP contribution >= 0.6 is 0 Å². The zero-order valence-electron chi connectivity index (χ0n) is 42.8. The lowest BCUT2D eigenvalue weighted by Gasteiger charge is -2.36. The molecule has 0 aromatic heterocycles. The molecule has 17 nitrogen and oxygen atoms in total. The Morgan fingerprint density at radius 3 is 1.28 bits per heavy atom. The van der Waals surface area contributed by atoms with E-state index in [0.717, 1.165) is 24.0 Å². The maximum Gasteiger partial charge on any atom is 0.317 e. The molecule has 2 saturated carbocycles. The number of ketones is 1. The third-order valence-corrected chi connectivity index (χ3v) is 14.3. The number of carboxylic acids is 1. The molecule has 2 aliphatic carbocycles. The second-order valence-corrected chi connectivity index (χ2v) is 19.9. The number of hydrogen-bond acceptors (Lipinski definition) is 12. The summed E-state index contributed by atoms with van der Waals surface area (Å²) in [5.74, 6) is -1.61. The summed E-state index contributed by atoms with van der Waals surface area (Å²) >= 11 is 0. The molecule has 0 unspecified atom stereocenters. The van der Waals surface area contributed by atoms with Gasteiger partial charge in [0.1, 0.15) is 29.5 Å². The van der Waals surface area contributed by atoms with Crippen molar-refractivity contribution in [2.24, 2.45) is 0 Å². The smallest absolute Gasteiger partial charge is 0.317 e. The molecule has 8 rings (SSSR count). The van der Waals surface area contributed by atoms with E-state index in [9.17, 15) is 37.5 Å². The minimum Gasteiger partial charge on any atom is -0.480 e. The number of halogens is 2. The lowest BCUT2D eigenvalue weighted by molar-refractivity contribution is -0.140. The molecule has 400 valence electrons. The first-order valence-corrected chi connectivity index (χ1v) is 26.0. The number of hydrogen-bond donors (Lipinski definition) is 5. The number of nitrogens with zero attached hydrogens (tertiary/aromatic N) is 6. The van der Waals surface area contributed by atoms with Gasteiger partial charge in [-0.15, -0.1) is 0 Å². The standard InChI is InChI=1S/C29H34FN5O3.C28H32FN5O4/c1-20(36)19-34-13-15-35(16-14-34)29(38)26(33-28(37)23-6-4-21(18-31)5-7-23)3-2-12-32-27-17-25(27)22-8-10-24(30)11-9-22;29-22-9-7-20(8-10-22)23-16-25(23)31-11-1-2-24(32-27(37)21-5-3-19(17-30)4-6-21)28(38)34-14-12-33(13-15-34)18-26(35)36/h4-11,25-27,32H,2-3,12-17,19H2,1H3,(H,33,37);3-10,23-25,31H,1-2,11-16,18H2,(H,32,37)(H,35,36)/t25-,26-,27+;23-,24-,25+/m00/s1. The minimum absolute atomic E-state index is 0.0629. The van der Waals surface area contributed by atoms with Crippen molar-refractivity contribution in [3.8, 4) is 12.1 Å². The van der Waals surface area contributed by atoms with E-state index in [0.29, 0.717) is 144 Å². The van der Waals surface area contributed by atoms with Gasteiger partial charge in [0.2, 0.25) is 11.8 Å². The van der Waals surface area contributed by atoms with Crippen molar-refractivity contribution in [3.63, 3.8) is 0 Å². The molecule has 0 radical (unpaired) electrons. The highest BCUT2D eigenvalue weighted by Crippen LogP contribution is 2.41. The number of nitrogens with one attached hydrogen (secondary N) is 4. The number of piperazine rings is 2. The number of aliphatic carboxylic acids is 1. The average molecular weight is 1040 g/mol. The highest BCUT2D eigenvalue weighted by atomic mass is 19.1. The molecule has 4 aliphatic rings. The zero-order chi connectivity index (χ0) is 54.1. The van der Waals surface area contributed by atoms with E-state index >= 15 is 0 Å². The largest absolute Gasteiger partial charge is 0.480 e. The van der Waals surface area contributed by atoms with Crippen LogP contribution in [0.4, 0.5) is 8.78 Å². The maximum absolute atomic E-state index is 13.4. The number of Topliss-reactive ketones (excluding diaryl/α,β-unsaturated/α-hetero) is 1. The fourth-order valence-electron chi connectivity index (χ4n) is 9.78. The van der Waals surface area contributed by atoms with Crippen LogP contribution in [0.1, 0.15) is 100 Å². The molecule has 2 aliphatic heterocycles. The van der Waals surface area contributed by atoms with Crippen molar-refractivity contribution < 1.29 is 42.7 Å². The summed E-state index contributed by atoms with van der Waals surface area (Å²) in [5.41, 5.74) is 3.89. The Morgan fingerprint density at radius 2 is 0.934 bits per heavy atom. The number of carbonyl (C=O) groups is 6. The Labute approximate surface area is 442 Å². The molecular formula is C57H66F2N10O7. The molecule has 4 aromatic rings. The molecule has 2 heterocycles. The van der Waals surface area contributed by atoms with Crippen LogP contribution in [0.15, 0.2) is 97.1 Å². The van der Waals surface area contributed by atoms with E-state index < -0.39 is 18.1 Å². The first-order chi connectivity index (χ1) is 36.7. The van der Waals surface area contributed by atoms with Crippen LogP contribution in [0.2, 0.25) is 0 Å². The van der Waals surface area contributed by atoms with Crippen LogP contribution < -0.4 is 21.3 Å². The first kappa shape index (κ1) is 56.3. The van der Waals surface area contributed by atoms with Gasteiger partial charge in [-0.1, -0.05) is 24.3 Å². The van der Waals surface area contributed by atoms with Crippen LogP contribution in [0.25, 0.3) is 0 Å². The number of carbonyl (C=O) groups excluding carboxylic acids is 5. The van der Waals surface area contributed by atoms with Gasteiger partial charge in [-0.2, -0.15) is 10.5 Å². The van der Waals surface area contributed by atoms with Gasteiger partial charge in [0.15, 0.2) is 0 Å². The fourth-order valence-corrected chi connectivity index (χ4v) is 9.78. The summed E-state index contributed by atoms with van der Waals surface area (Å²) < 4.78 is 26.4. The van der Waals surface area contributed by atoms with Gasteiger partial charge < -0.3 is 36.2 Å². The Bertz CT molecular complexity index is 2530. The molecule has 4 aromatic carbocycles. The second kappa shape index (κ2) is 27.4. The third kappa shape index (κ3) is 16.8. The first-order valence-electron chi connectivity index (χ1n) is 26.0. The van der Waals surface area contributed by atoms with E-state index in [1.165, 1.54) is 24.3 Å². The molecule has 5 N–H and O–H groups in total. The molecule has 0 bridgehead atoms. The van der Waals surface area contributed by atoms with Crippen molar-refractivity contribution >= 4 is 35.4 Å².